The van der Waals surface area contributed by atoms with Gasteiger partial charge in [-0.15, -0.1) is 0 Å². The number of carboxylic acid groups (broad SMARTS) is 1. The van der Waals surface area contributed by atoms with Crippen molar-refractivity contribution in [1.29, 1.82) is 0 Å². The third kappa shape index (κ3) is 2.52. The topological polar surface area (TPSA) is 49.8 Å². The lowest BCUT2D eigenvalue weighted by Crippen LogP contribution is -2.20. The minimum atomic E-state index is -0.803. The molecule has 1 aliphatic rings. The summed E-state index contributed by atoms with van der Waals surface area (Å²) in [5, 5.41) is 8.74. The quantitative estimate of drug-likeness (QED) is 0.813. The Kier molecular flexibility index (Phi) is 3.10. The van der Waals surface area contributed by atoms with Crippen LogP contribution in [0, 0.1) is 0 Å². The molecule has 1 aromatic rings. The molecule has 16 heavy (non-hydrogen) atoms. The maximum Gasteiger partial charge on any atom is 0.307 e. The van der Waals surface area contributed by atoms with Gasteiger partial charge in [-0.2, -0.15) is 0 Å². The van der Waals surface area contributed by atoms with Crippen LogP contribution >= 0.6 is 0 Å². The first-order chi connectivity index (χ1) is 7.65. The fourth-order valence-electron chi connectivity index (χ4n) is 1.86. The zero-order valence-corrected chi connectivity index (χ0v) is 9.27. The Bertz CT molecular complexity index is 403. The third-order valence-corrected chi connectivity index (χ3v) is 2.65. The van der Waals surface area contributed by atoms with Gasteiger partial charge < -0.3 is 9.84 Å². The van der Waals surface area contributed by atoms with Crippen LogP contribution in [-0.2, 0) is 17.8 Å². The van der Waals surface area contributed by atoms with E-state index in [9.17, 15) is 4.79 Å². The van der Waals surface area contributed by atoms with E-state index >= 15 is 0 Å². The van der Waals surface area contributed by atoms with Gasteiger partial charge in [-0.25, -0.2) is 0 Å². The number of aliphatic carboxylic acids is 1. The molecule has 1 N–H and O–H groups in total. The molecule has 1 aliphatic heterocycles. The number of carboxylic acids is 1. The molecule has 0 unspecified atom stereocenters. The van der Waals surface area contributed by atoms with Gasteiger partial charge in [0.2, 0.25) is 0 Å². The molecular weight excluding hydrogens is 206 g/mol. The molecule has 2 rings (SSSR count). The van der Waals surface area contributed by atoms with E-state index in [0.29, 0.717) is 6.61 Å². The Balaban J connectivity index is 2.25. The van der Waals surface area contributed by atoms with Crippen LogP contribution in [0.25, 0.3) is 0 Å². The molecule has 1 aromatic carbocycles. The minimum absolute atomic E-state index is 0.0665. The molecule has 0 amide bonds. The SMILES string of the molecule is CN1CCOc2ccc(CC(=O)O)cc2C1. The number of fused-ring (bicyclic) bond motifs is 1. The van der Waals surface area contributed by atoms with Crippen LogP contribution in [0.3, 0.4) is 0 Å². The Morgan fingerprint density at radius 1 is 1.56 bits per heavy atom. The number of carbonyl (C=O) groups is 1. The first-order valence-electron chi connectivity index (χ1n) is 5.30. The second kappa shape index (κ2) is 4.53. The standard InChI is InChI=1S/C12H15NO3/c1-13-4-5-16-11-3-2-9(7-12(14)15)6-10(11)8-13/h2-3,6H,4-5,7-8H2,1H3,(H,14,15). The molecule has 86 valence electrons. The van der Waals surface area contributed by atoms with Crippen molar-refractivity contribution in [2.75, 3.05) is 20.2 Å². The van der Waals surface area contributed by atoms with Crippen molar-refractivity contribution in [3.63, 3.8) is 0 Å². The number of hydrogen-bond donors (Lipinski definition) is 1. The lowest BCUT2D eigenvalue weighted by atomic mass is 10.1. The third-order valence-electron chi connectivity index (χ3n) is 2.65. The zero-order valence-electron chi connectivity index (χ0n) is 9.27. The van der Waals surface area contributed by atoms with Gasteiger partial charge in [0.1, 0.15) is 12.4 Å². The molecule has 0 saturated heterocycles. The zero-order chi connectivity index (χ0) is 11.5. The van der Waals surface area contributed by atoms with Crippen LogP contribution in [0.1, 0.15) is 11.1 Å². The highest BCUT2D eigenvalue weighted by molar-refractivity contribution is 5.70. The predicted molar refractivity (Wildman–Crippen MR) is 59.6 cm³/mol. The van der Waals surface area contributed by atoms with Gasteiger partial charge in [-0.3, -0.25) is 9.69 Å². The van der Waals surface area contributed by atoms with Gasteiger partial charge in [-0.1, -0.05) is 12.1 Å². The fourth-order valence-corrected chi connectivity index (χ4v) is 1.86. The van der Waals surface area contributed by atoms with Crippen LogP contribution in [-0.4, -0.2) is 36.2 Å². The summed E-state index contributed by atoms with van der Waals surface area (Å²) in [6.45, 7) is 2.38. The molecule has 0 saturated carbocycles. The van der Waals surface area contributed by atoms with E-state index in [2.05, 4.69) is 4.90 Å². The molecule has 4 nitrogen and oxygen atoms in total. The lowest BCUT2D eigenvalue weighted by molar-refractivity contribution is -0.136. The van der Waals surface area contributed by atoms with Gasteiger partial charge in [0.25, 0.3) is 0 Å². The molecule has 0 aromatic heterocycles. The molecule has 0 bridgehead atoms. The Labute approximate surface area is 94.4 Å². The first-order valence-corrected chi connectivity index (χ1v) is 5.30. The van der Waals surface area contributed by atoms with E-state index in [4.69, 9.17) is 9.84 Å². The van der Waals surface area contributed by atoms with Crippen molar-refractivity contribution < 1.29 is 14.6 Å². The smallest absolute Gasteiger partial charge is 0.307 e. The highest BCUT2D eigenvalue weighted by Gasteiger charge is 2.13. The lowest BCUT2D eigenvalue weighted by Gasteiger charge is -2.12. The first kappa shape index (κ1) is 11.0. The van der Waals surface area contributed by atoms with E-state index in [0.717, 1.165) is 30.0 Å². The average Bonchev–Trinajstić information content (AvgIpc) is 2.37. The summed E-state index contributed by atoms with van der Waals surface area (Å²) >= 11 is 0. The summed E-state index contributed by atoms with van der Waals surface area (Å²) in [5.74, 6) is 0.0707. The van der Waals surface area contributed by atoms with Crippen LogP contribution in [0.5, 0.6) is 5.75 Å². The Morgan fingerprint density at radius 2 is 2.38 bits per heavy atom. The maximum atomic E-state index is 10.6. The van der Waals surface area contributed by atoms with Crippen molar-refractivity contribution in [1.82, 2.24) is 4.90 Å². The number of benzene rings is 1. The Hall–Kier alpha value is -1.55. The van der Waals surface area contributed by atoms with Crippen molar-refractivity contribution in [3.05, 3.63) is 29.3 Å². The molecule has 0 aliphatic carbocycles. The van der Waals surface area contributed by atoms with Gasteiger partial charge in [0, 0.05) is 18.7 Å². The van der Waals surface area contributed by atoms with Crippen LogP contribution in [0.15, 0.2) is 18.2 Å². The van der Waals surface area contributed by atoms with Crippen LogP contribution in [0.4, 0.5) is 0 Å². The van der Waals surface area contributed by atoms with Crippen molar-refractivity contribution in [3.8, 4) is 5.75 Å². The van der Waals surface area contributed by atoms with Crippen molar-refractivity contribution >= 4 is 5.97 Å². The van der Waals surface area contributed by atoms with Gasteiger partial charge in [-0.05, 0) is 18.7 Å². The minimum Gasteiger partial charge on any atom is -0.492 e. The molecule has 1 heterocycles. The summed E-state index contributed by atoms with van der Waals surface area (Å²) < 4.78 is 5.59. The second-order valence-corrected chi connectivity index (χ2v) is 4.10. The number of ether oxygens (including phenoxy) is 1. The number of nitrogens with zero attached hydrogens (tertiary/aromatic N) is 1. The van der Waals surface area contributed by atoms with Crippen LogP contribution < -0.4 is 4.74 Å². The van der Waals surface area contributed by atoms with Gasteiger partial charge >= 0.3 is 5.97 Å². The molecule has 0 fully saturated rings. The van der Waals surface area contributed by atoms with E-state index in [1.165, 1.54) is 0 Å². The molecule has 0 atom stereocenters. The Morgan fingerprint density at radius 3 is 3.12 bits per heavy atom. The predicted octanol–water partition coefficient (Wildman–Crippen LogP) is 1.14. The summed E-state index contributed by atoms with van der Waals surface area (Å²) in [6.07, 6.45) is 0.0665. The highest BCUT2D eigenvalue weighted by atomic mass is 16.5. The van der Waals surface area contributed by atoms with Crippen molar-refractivity contribution in [2.24, 2.45) is 0 Å². The maximum absolute atomic E-state index is 10.6. The molecule has 0 spiro atoms. The monoisotopic (exact) mass is 221 g/mol. The summed E-state index contributed by atoms with van der Waals surface area (Å²) in [5.41, 5.74) is 1.89. The normalized spacial score (nSPS) is 16.1. The second-order valence-electron chi connectivity index (χ2n) is 4.10. The summed E-state index contributed by atoms with van der Waals surface area (Å²) in [4.78, 5) is 12.8. The fraction of sp³-hybridized carbons (Fsp3) is 0.417. The van der Waals surface area contributed by atoms with Gasteiger partial charge in [0.15, 0.2) is 0 Å². The molecule has 0 radical (unpaired) electrons. The van der Waals surface area contributed by atoms with Gasteiger partial charge in [0.05, 0.1) is 6.42 Å². The van der Waals surface area contributed by atoms with Crippen molar-refractivity contribution in [2.45, 2.75) is 13.0 Å². The van der Waals surface area contributed by atoms with E-state index < -0.39 is 5.97 Å². The number of rotatable bonds is 2. The van der Waals surface area contributed by atoms with E-state index in [-0.39, 0.29) is 6.42 Å². The molecular formula is C12H15NO3. The van der Waals surface area contributed by atoms with E-state index in [1.807, 2.05) is 25.2 Å². The number of hydrogen-bond acceptors (Lipinski definition) is 3. The van der Waals surface area contributed by atoms with Crippen LogP contribution in [0.2, 0.25) is 0 Å². The van der Waals surface area contributed by atoms with E-state index in [1.54, 1.807) is 0 Å². The highest BCUT2D eigenvalue weighted by Crippen LogP contribution is 2.23. The average molecular weight is 221 g/mol. The number of likely N-dealkylation sites (N-methyl/N-ethyl adjacent to an activating group) is 1. The molecule has 4 heteroatoms. The largest absolute Gasteiger partial charge is 0.492 e. The summed E-state index contributed by atoms with van der Waals surface area (Å²) in [6, 6.07) is 5.61. The summed E-state index contributed by atoms with van der Waals surface area (Å²) in [7, 11) is 2.03.